The molecule has 0 atom stereocenters. The molecule has 1 aliphatic carbocycles. The van der Waals surface area contributed by atoms with E-state index in [9.17, 15) is 4.79 Å². The summed E-state index contributed by atoms with van der Waals surface area (Å²) >= 11 is 1.62. The number of amides is 1. The number of ether oxygens (including phenoxy) is 1. The molecule has 166 valence electrons. The quantitative estimate of drug-likeness (QED) is 0.300. The van der Waals surface area contributed by atoms with Gasteiger partial charge in [-0.25, -0.2) is 14.6 Å². The number of aromatic nitrogens is 4. The fraction of sp³-hybridized carbons (Fsp3) is 0.714. The number of rotatable bonds is 12. The van der Waals surface area contributed by atoms with E-state index >= 15 is 0 Å². The standard InChI is InChI=1S/C21H34N6O2S/c1-15(2)30-21-25-19(23-11-13-29-3)17-14-24-27(20(17)26-21)12-10-22-18(28)9-8-16-6-4-5-7-16/h14-16H,4-13H2,1-3H3,(H,22,28)(H,23,25,26). The third-order valence-electron chi connectivity index (χ3n) is 5.32. The topological polar surface area (TPSA) is 94.0 Å². The van der Waals surface area contributed by atoms with Crippen molar-refractivity contribution in [2.75, 3.05) is 32.1 Å². The number of nitrogens with zero attached hydrogens (tertiary/aromatic N) is 4. The predicted molar refractivity (Wildman–Crippen MR) is 121 cm³/mol. The largest absolute Gasteiger partial charge is 0.383 e. The third kappa shape index (κ3) is 6.57. The second-order valence-electron chi connectivity index (χ2n) is 8.09. The van der Waals surface area contributed by atoms with Crippen molar-refractivity contribution in [3.63, 3.8) is 0 Å². The second kappa shape index (κ2) is 11.5. The van der Waals surface area contributed by atoms with E-state index < -0.39 is 0 Å². The lowest BCUT2D eigenvalue weighted by atomic mass is 10.0. The molecule has 1 aliphatic rings. The molecule has 2 N–H and O–H groups in total. The van der Waals surface area contributed by atoms with Crippen LogP contribution in [0.4, 0.5) is 5.82 Å². The maximum absolute atomic E-state index is 12.2. The van der Waals surface area contributed by atoms with Crippen LogP contribution in [0.25, 0.3) is 11.0 Å². The van der Waals surface area contributed by atoms with Gasteiger partial charge in [0.05, 0.1) is 24.7 Å². The smallest absolute Gasteiger partial charge is 0.220 e. The van der Waals surface area contributed by atoms with Crippen LogP contribution in [-0.2, 0) is 16.1 Å². The minimum atomic E-state index is 0.131. The lowest BCUT2D eigenvalue weighted by Crippen LogP contribution is -2.27. The summed E-state index contributed by atoms with van der Waals surface area (Å²) in [5, 5.41) is 12.8. The molecule has 1 fully saturated rings. The maximum Gasteiger partial charge on any atom is 0.220 e. The van der Waals surface area contributed by atoms with E-state index in [1.54, 1.807) is 25.1 Å². The van der Waals surface area contributed by atoms with E-state index in [1.165, 1.54) is 25.7 Å². The molecule has 2 aromatic rings. The molecule has 8 nitrogen and oxygen atoms in total. The van der Waals surface area contributed by atoms with Gasteiger partial charge in [-0.1, -0.05) is 51.3 Å². The second-order valence-corrected chi connectivity index (χ2v) is 9.63. The van der Waals surface area contributed by atoms with Gasteiger partial charge in [0.2, 0.25) is 5.91 Å². The Hall–Kier alpha value is -1.87. The number of nitrogens with one attached hydrogen (secondary N) is 2. The highest BCUT2D eigenvalue weighted by Crippen LogP contribution is 2.28. The van der Waals surface area contributed by atoms with Gasteiger partial charge in [0.25, 0.3) is 0 Å². The SMILES string of the molecule is COCCNc1nc(SC(C)C)nc2c1cnn2CCNC(=O)CCC1CCCC1. The van der Waals surface area contributed by atoms with E-state index in [2.05, 4.69) is 34.6 Å². The highest BCUT2D eigenvalue weighted by atomic mass is 32.2. The fourth-order valence-corrected chi connectivity index (χ4v) is 4.50. The van der Waals surface area contributed by atoms with Crippen LogP contribution in [-0.4, -0.2) is 57.7 Å². The molecule has 0 aliphatic heterocycles. The van der Waals surface area contributed by atoms with Crippen molar-refractivity contribution in [1.82, 2.24) is 25.1 Å². The van der Waals surface area contributed by atoms with E-state index in [0.29, 0.717) is 37.9 Å². The molecule has 9 heteroatoms. The number of methoxy groups -OCH3 is 1. The van der Waals surface area contributed by atoms with Crippen LogP contribution >= 0.6 is 11.8 Å². The van der Waals surface area contributed by atoms with Crippen LogP contribution in [0, 0.1) is 5.92 Å². The average molecular weight is 435 g/mol. The number of thioether (sulfide) groups is 1. The zero-order valence-electron chi connectivity index (χ0n) is 18.3. The minimum Gasteiger partial charge on any atom is -0.383 e. The van der Waals surface area contributed by atoms with Gasteiger partial charge in [-0.05, 0) is 12.3 Å². The van der Waals surface area contributed by atoms with Gasteiger partial charge in [0.15, 0.2) is 10.8 Å². The van der Waals surface area contributed by atoms with E-state index in [0.717, 1.165) is 34.3 Å². The summed E-state index contributed by atoms with van der Waals surface area (Å²) in [4.78, 5) is 21.6. The van der Waals surface area contributed by atoms with Crippen molar-refractivity contribution in [3.05, 3.63) is 6.20 Å². The van der Waals surface area contributed by atoms with Crippen LogP contribution in [0.2, 0.25) is 0 Å². The lowest BCUT2D eigenvalue weighted by molar-refractivity contribution is -0.121. The summed E-state index contributed by atoms with van der Waals surface area (Å²) in [6.07, 6.45) is 8.62. The molecule has 3 rings (SSSR count). The molecule has 30 heavy (non-hydrogen) atoms. The summed E-state index contributed by atoms with van der Waals surface area (Å²) in [5.74, 6) is 1.64. The van der Waals surface area contributed by atoms with Crippen LogP contribution in [0.5, 0.6) is 0 Å². The van der Waals surface area contributed by atoms with E-state index in [-0.39, 0.29) is 5.91 Å². The van der Waals surface area contributed by atoms with Gasteiger partial charge in [-0.2, -0.15) is 5.10 Å². The lowest BCUT2D eigenvalue weighted by Gasteiger charge is -2.11. The van der Waals surface area contributed by atoms with Gasteiger partial charge >= 0.3 is 0 Å². The molecule has 1 saturated carbocycles. The first-order valence-electron chi connectivity index (χ1n) is 11.0. The minimum absolute atomic E-state index is 0.131. The van der Waals surface area contributed by atoms with E-state index in [4.69, 9.17) is 9.72 Å². The molecule has 0 aromatic carbocycles. The average Bonchev–Trinajstić information content (AvgIpc) is 3.36. The maximum atomic E-state index is 12.2. The third-order valence-corrected chi connectivity index (χ3v) is 6.18. The zero-order valence-corrected chi connectivity index (χ0v) is 19.1. The van der Waals surface area contributed by atoms with Crippen LogP contribution in [0.15, 0.2) is 11.4 Å². The molecule has 2 aromatic heterocycles. The normalized spacial score (nSPS) is 14.7. The summed E-state index contributed by atoms with van der Waals surface area (Å²) in [5.41, 5.74) is 0.785. The Kier molecular flexibility index (Phi) is 8.74. The molecule has 0 bridgehead atoms. The van der Waals surface area contributed by atoms with Gasteiger partial charge in [-0.15, -0.1) is 0 Å². The number of hydrogen-bond donors (Lipinski definition) is 2. The Labute approximate surface area is 182 Å². The van der Waals surface area contributed by atoms with Gasteiger partial charge in [-0.3, -0.25) is 4.79 Å². The molecule has 0 spiro atoms. The van der Waals surface area contributed by atoms with Crippen molar-refractivity contribution in [2.45, 2.75) is 69.3 Å². The van der Waals surface area contributed by atoms with Gasteiger partial charge in [0, 0.05) is 31.9 Å². The Morgan fingerprint density at radius 1 is 1.30 bits per heavy atom. The Bertz CT molecular complexity index is 819. The highest BCUT2D eigenvalue weighted by molar-refractivity contribution is 7.99. The first-order chi connectivity index (χ1) is 14.6. The number of hydrogen-bond acceptors (Lipinski definition) is 7. The molecule has 0 unspecified atom stereocenters. The number of anilines is 1. The Morgan fingerprint density at radius 2 is 2.10 bits per heavy atom. The highest BCUT2D eigenvalue weighted by Gasteiger charge is 2.17. The van der Waals surface area contributed by atoms with E-state index in [1.807, 2.05) is 4.68 Å². The molecule has 1 amide bonds. The van der Waals surface area contributed by atoms with Crippen molar-refractivity contribution in [3.8, 4) is 0 Å². The number of carbonyl (C=O) groups is 1. The van der Waals surface area contributed by atoms with Crippen LogP contribution < -0.4 is 10.6 Å². The summed E-state index contributed by atoms with van der Waals surface area (Å²) in [6.45, 7) is 6.63. The van der Waals surface area contributed by atoms with Crippen molar-refractivity contribution < 1.29 is 9.53 Å². The predicted octanol–water partition coefficient (Wildman–Crippen LogP) is 3.47. The van der Waals surface area contributed by atoms with Crippen molar-refractivity contribution in [2.24, 2.45) is 5.92 Å². The van der Waals surface area contributed by atoms with Crippen LogP contribution in [0.3, 0.4) is 0 Å². The van der Waals surface area contributed by atoms with Gasteiger partial charge < -0.3 is 15.4 Å². The molecule has 0 saturated heterocycles. The number of carbonyl (C=O) groups excluding carboxylic acids is 1. The van der Waals surface area contributed by atoms with Gasteiger partial charge in [0.1, 0.15) is 5.82 Å². The Balaban J connectivity index is 1.61. The monoisotopic (exact) mass is 434 g/mol. The fourth-order valence-electron chi connectivity index (χ4n) is 3.79. The summed E-state index contributed by atoms with van der Waals surface area (Å²) in [6, 6.07) is 0. The zero-order chi connectivity index (χ0) is 21.3. The first-order valence-corrected chi connectivity index (χ1v) is 11.8. The van der Waals surface area contributed by atoms with Crippen LogP contribution in [0.1, 0.15) is 52.4 Å². The molecular weight excluding hydrogens is 400 g/mol. The molecule has 2 heterocycles. The number of fused-ring (bicyclic) bond motifs is 1. The summed E-state index contributed by atoms with van der Waals surface area (Å²) in [7, 11) is 1.68. The first kappa shape index (κ1) is 22.8. The summed E-state index contributed by atoms with van der Waals surface area (Å²) < 4.78 is 6.98. The molecule has 0 radical (unpaired) electrons. The van der Waals surface area contributed by atoms with Crippen molar-refractivity contribution >= 4 is 34.5 Å². The Morgan fingerprint density at radius 3 is 2.83 bits per heavy atom. The van der Waals surface area contributed by atoms with Crippen molar-refractivity contribution in [1.29, 1.82) is 0 Å². The molecular formula is C21H34N6O2S.